The largest absolute Gasteiger partial charge is 0.497 e. The van der Waals surface area contributed by atoms with E-state index in [9.17, 15) is 24.0 Å². The lowest BCUT2D eigenvalue weighted by Gasteiger charge is -2.41. The predicted molar refractivity (Wildman–Crippen MR) is 245 cm³/mol. The minimum Gasteiger partial charge on any atom is -0.497 e. The molecule has 1 aliphatic heterocycles. The van der Waals surface area contributed by atoms with E-state index in [4.69, 9.17) is 18.9 Å². The molecule has 0 unspecified atom stereocenters. The highest BCUT2D eigenvalue weighted by Crippen LogP contribution is 2.30. The fourth-order valence-corrected chi connectivity index (χ4v) is 9.01. The van der Waals surface area contributed by atoms with E-state index in [1.807, 2.05) is 108 Å². The average Bonchev–Trinajstić information content (AvgIpc) is 3.76. The van der Waals surface area contributed by atoms with E-state index in [-0.39, 0.29) is 54.2 Å². The number of benzene rings is 2. The summed E-state index contributed by atoms with van der Waals surface area (Å²) in [6.45, 7) is 14.8. The number of esters is 1. The summed E-state index contributed by atoms with van der Waals surface area (Å²) in [5.74, 6) is -1.80. The Bertz CT molecular complexity index is 1740. The van der Waals surface area contributed by atoms with Crippen molar-refractivity contribution in [2.24, 2.45) is 23.7 Å². The number of likely N-dealkylation sites (N-methyl/N-ethyl adjacent to an activating group) is 2. The maximum atomic E-state index is 14.6. The normalized spacial score (nSPS) is 17.9. The zero-order valence-corrected chi connectivity index (χ0v) is 40.2. The van der Waals surface area contributed by atoms with Crippen molar-refractivity contribution in [2.75, 3.05) is 55.6 Å². The number of nitrogens with zero attached hydrogens (tertiary/aromatic N) is 3. The summed E-state index contributed by atoms with van der Waals surface area (Å²) in [5, 5.41) is 6.00. The first-order valence-electron chi connectivity index (χ1n) is 22.6. The standard InChI is InChI=1S/C49H77N5O9/c1-14-33(6)44(53(9)48(58)42(31(2)3)51-47(57)43(32(4)5)52(8)28-26-35-22-24-37(60-10)25-23-35)40(61-11)30-41(55)54-27-18-21-39(54)45(62-12)34(7)46(56)50-38(49(59)63-13)29-36-19-16-15-17-20-36/h15-17,19-20,22-25,31-34,38-40,42-45H,14,18,21,26-30H2,1-13H3,(H,50,56)(H,51,57)/t33-,34+,38-,39-,40+,42-,43-,44-,45+/m0/s1. The Kier molecular flexibility index (Phi) is 21.5. The summed E-state index contributed by atoms with van der Waals surface area (Å²) in [5.41, 5.74) is 2.00. The van der Waals surface area contributed by atoms with Gasteiger partial charge in [0.2, 0.25) is 23.6 Å². The van der Waals surface area contributed by atoms with Gasteiger partial charge in [-0.2, -0.15) is 0 Å². The minimum atomic E-state index is -0.900. The molecular formula is C49H77N5O9. The number of nitrogens with one attached hydrogen (secondary N) is 2. The minimum absolute atomic E-state index is 0.00868. The number of rotatable bonds is 25. The van der Waals surface area contributed by atoms with E-state index >= 15 is 0 Å². The second-order valence-corrected chi connectivity index (χ2v) is 17.9. The third kappa shape index (κ3) is 14.5. The van der Waals surface area contributed by atoms with E-state index in [1.165, 1.54) is 14.2 Å². The summed E-state index contributed by atoms with van der Waals surface area (Å²) in [4.78, 5) is 75.0. The van der Waals surface area contributed by atoms with Crippen LogP contribution in [0.1, 0.15) is 85.3 Å². The van der Waals surface area contributed by atoms with Crippen molar-refractivity contribution in [1.82, 2.24) is 25.3 Å². The maximum Gasteiger partial charge on any atom is 0.328 e. The number of carbonyl (C=O) groups excluding carboxylic acids is 5. The van der Waals surface area contributed by atoms with E-state index in [1.54, 1.807) is 38.0 Å². The molecule has 2 aromatic carbocycles. The van der Waals surface area contributed by atoms with Crippen LogP contribution in [-0.2, 0) is 51.0 Å². The van der Waals surface area contributed by atoms with Crippen molar-refractivity contribution in [3.05, 3.63) is 65.7 Å². The second kappa shape index (κ2) is 25.7. The summed E-state index contributed by atoms with van der Waals surface area (Å²) in [6, 6.07) is 14.2. The molecule has 3 rings (SSSR count). The fraction of sp³-hybridized carbons (Fsp3) is 0.653. The SMILES string of the molecule is CC[C@H](C)[C@@H]([C@@H](CC(=O)N1CCC[C@H]1[C@H](OC)[C@@H](C)C(=O)N[C@@H](Cc1ccccc1)C(=O)OC)OC)N(C)C(=O)[C@@H](NC(=O)[C@H](C(C)C)N(C)CCc1ccc(OC)cc1)C(C)C. The summed E-state index contributed by atoms with van der Waals surface area (Å²) < 4.78 is 22.4. The Morgan fingerprint density at radius 1 is 0.810 bits per heavy atom. The second-order valence-electron chi connectivity index (χ2n) is 17.9. The summed E-state index contributed by atoms with van der Waals surface area (Å²) in [7, 11) is 9.69. The molecule has 352 valence electrons. The highest BCUT2D eigenvalue weighted by Gasteiger charge is 2.43. The van der Waals surface area contributed by atoms with Crippen LogP contribution in [-0.4, -0.2) is 142 Å². The van der Waals surface area contributed by atoms with Gasteiger partial charge in [0.05, 0.1) is 56.9 Å². The van der Waals surface area contributed by atoms with Gasteiger partial charge in [-0.1, -0.05) is 97.4 Å². The van der Waals surface area contributed by atoms with Crippen molar-refractivity contribution < 1.29 is 42.9 Å². The Morgan fingerprint density at radius 2 is 1.46 bits per heavy atom. The van der Waals surface area contributed by atoms with Gasteiger partial charge >= 0.3 is 5.97 Å². The molecule has 0 radical (unpaired) electrons. The quantitative estimate of drug-likeness (QED) is 0.128. The molecule has 1 fully saturated rings. The Morgan fingerprint density at radius 3 is 2.00 bits per heavy atom. The molecule has 1 aliphatic rings. The van der Waals surface area contributed by atoms with Crippen molar-refractivity contribution in [3.8, 4) is 5.75 Å². The van der Waals surface area contributed by atoms with Gasteiger partial charge < -0.3 is 39.4 Å². The van der Waals surface area contributed by atoms with E-state index in [2.05, 4.69) is 10.6 Å². The van der Waals surface area contributed by atoms with Gasteiger partial charge in [0.1, 0.15) is 17.8 Å². The molecule has 63 heavy (non-hydrogen) atoms. The molecule has 9 atom stereocenters. The van der Waals surface area contributed by atoms with Gasteiger partial charge in [-0.3, -0.25) is 24.1 Å². The number of hydrogen-bond donors (Lipinski definition) is 2. The molecule has 0 bridgehead atoms. The Balaban J connectivity index is 1.77. The van der Waals surface area contributed by atoms with Crippen molar-refractivity contribution in [3.63, 3.8) is 0 Å². The van der Waals surface area contributed by atoms with Crippen LogP contribution >= 0.6 is 0 Å². The molecule has 0 spiro atoms. The topological polar surface area (TPSA) is 156 Å². The van der Waals surface area contributed by atoms with Crippen molar-refractivity contribution in [2.45, 2.75) is 129 Å². The number of likely N-dealkylation sites (tertiary alicyclic amines) is 1. The number of methoxy groups -OCH3 is 4. The Hall–Kier alpha value is -4.53. The summed E-state index contributed by atoms with van der Waals surface area (Å²) >= 11 is 0. The number of ether oxygens (including phenoxy) is 4. The van der Waals surface area contributed by atoms with Gasteiger partial charge in [-0.25, -0.2) is 4.79 Å². The van der Waals surface area contributed by atoms with Crippen LogP contribution in [0, 0.1) is 23.7 Å². The first kappa shape index (κ1) is 52.8. The van der Waals surface area contributed by atoms with Gasteiger partial charge in [0, 0.05) is 40.8 Å². The fourth-order valence-electron chi connectivity index (χ4n) is 9.01. The lowest BCUT2D eigenvalue weighted by atomic mass is 9.89. The molecule has 2 aromatic rings. The third-order valence-electron chi connectivity index (χ3n) is 12.9. The van der Waals surface area contributed by atoms with Crippen LogP contribution < -0.4 is 15.4 Å². The van der Waals surface area contributed by atoms with Gasteiger partial charge in [0.25, 0.3) is 0 Å². The molecule has 1 heterocycles. The molecule has 14 heteroatoms. The average molecular weight is 880 g/mol. The van der Waals surface area contributed by atoms with E-state index < -0.39 is 54.3 Å². The highest BCUT2D eigenvalue weighted by molar-refractivity contribution is 5.90. The zero-order chi connectivity index (χ0) is 47.0. The molecule has 4 amide bonds. The zero-order valence-electron chi connectivity index (χ0n) is 40.2. The van der Waals surface area contributed by atoms with Gasteiger partial charge in [0.15, 0.2) is 0 Å². The molecule has 1 saturated heterocycles. The molecule has 0 aromatic heterocycles. The first-order chi connectivity index (χ1) is 29.9. The van der Waals surface area contributed by atoms with Crippen LogP contribution in [0.3, 0.4) is 0 Å². The predicted octanol–water partition coefficient (Wildman–Crippen LogP) is 5.16. The number of carbonyl (C=O) groups is 5. The number of hydrogen-bond acceptors (Lipinski definition) is 10. The molecular weight excluding hydrogens is 803 g/mol. The van der Waals surface area contributed by atoms with Gasteiger partial charge in [-0.15, -0.1) is 0 Å². The smallest absolute Gasteiger partial charge is 0.328 e. The van der Waals surface area contributed by atoms with Crippen LogP contribution in [0.25, 0.3) is 0 Å². The van der Waals surface area contributed by atoms with Crippen molar-refractivity contribution in [1.29, 1.82) is 0 Å². The van der Waals surface area contributed by atoms with Crippen molar-refractivity contribution >= 4 is 29.6 Å². The highest BCUT2D eigenvalue weighted by atomic mass is 16.5. The molecule has 14 nitrogen and oxygen atoms in total. The third-order valence-corrected chi connectivity index (χ3v) is 12.9. The number of amides is 4. The van der Waals surface area contributed by atoms with Crippen LogP contribution in [0.4, 0.5) is 0 Å². The van der Waals surface area contributed by atoms with Gasteiger partial charge in [-0.05, 0) is 67.3 Å². The Labute approximate surface area is 377 Å². The molecule has 2 N–H and O–H groups in total. The molecule has 0 aliphatic carbocycles. The van der Waals surface area contributed by atoms with Crippen LogP contribution in [0.15, 0.2) is 54.6 Å². The van der Waals surface area contributed by atoms with E-state index in [0.717, 1.165) is 29.7 Å². The lowest BCUT2D eigenvalue weighted by molar-refractivity contribution is -0.149. The summed E-state index contributed by atoms with van der Waals surface area (Å²) in [6.07, 6.45) is 1.73. The maximum absolute atomic E-state index is 14.6. The van der Waals surface area contributed by atoms with E-state index in [0.29, 0.717) is 25.9 Å². The lowest BCUT2D eigenvalue weighted by Crippen LogP contribution is -2.60. The molecule has 0 saturated carbocycles. The first-order valence-corrected chi connectivity index (χ1v) is 22.6. The van der Waals surface area contributed by atoms with Crippen LogP contribution in [0.5, 0.6) is 5.75 Å². The monoisotopic (exact) mass is 880 g/mol. The van der Waals surface area contributed by atoms with Crippen LogP contribution in [0.2, 0.25) is 0 Å².